The maximum atomic E-state index is 10.7. The number of carbonyl (C=O) groups excluding carboxylic acids is 1. The molecule has 0 radical (unpaired) electrons. The Labute approximate surface area is 108 Å². The molecule has 14 heavy (non-hydrogen) atoms. The van der Waals surface area contributed by atoms with E-state index >= 15 is 0 Å². The molecule has 0 fully saturated rings. The summed E-state index contributed by atoms with van der Waals surface area (Å²) in [6.07, 6.45) is 0.896. The van der Waals surface area contributed by atoms with Gasteiger partial charge in [0, 0.05) is 24.0 Å². The zero-order chi connectivity index (χ0) is 10.1. The van der Waals surface area contributed by atoms with Gasteiger partial charge in [-0.2, -0.15) is 0 Å². The second-order valence-electron chi connectivity index (χ2n) is 2.89. The molecule has 1 nitrogen and oxygen atoms in total. The monoisotopic (exact) mass is 380 g/mol. The van der Waals surface area contributed by atoms with Crippen LogP contribution in [-0.4, -0.2) is 6.29 Å². The molecule has 0 aliphatic rings. The predicted molar refractivity (Wildman–Crippen MR) is 72.6 cm³/mol. The summed E-state index contributed by atoms with van der Waals surface area (Å²) < 4.78 is 2.42. The van der Waals surface area contributed by atoms with Crippen molar-refractivity contribution in [1.29, 1.82) is 0 Å². The van der Waals surface area contributed by atoms with Crippen LogP contribution >= 0.6 is 49.9 Å². The van der Waals surface area contributed by atoms with Crippen molar-refractivity contribution in [2.75, 3.05) is 0 Å². The number of rotatable bonds is 2. The van der Waals surface area contributed by atoms with Crippen LogP contribution in [0.4, 0.5) is 0 Å². The van der Waals surface area contributed by atoms with E-state index in [9.17, 15) is 4.79 Å². The molecule has 0 aliphatic heterocycles. The van der Waals surface area contributed by atoms with E-state index in [0.717, 1.165) is 20.7 Å². The van der Waals surface area contributed by atoms with E-state index in [1.54, 1.807) is 11.3 Å². The van der Waals surface area contributed by atoms with E-state index in [4.69, 9.17) is 0 Å². The zero-order valence-corrected chi connectivity index (χ0v) is 11.6. The number of alkyl halides is 1. The van der Waals surface area contributed by atoms with Crippen molar-refractivity contribution in [2.24, 2.45) is 0 Å². The quantitative estimate of drug-likeness (QED) is 0.433. The lowest BCUT2D eigenvalue weighted by Crippen LogP contribution is -1.80. The molecule has 2 rings (SSSR count). The van der Waals surface area contributed by atoms with Gasteiger partial charge in [-0.1, -0.05) is 15.9 Å². The van der Waals surface area contributed by atoms with Gasteiger partial charge in [-0.05, 0) is 46.2 Å². The zero-order valence-electron chi connectivity index (χ0n) is 7.09. The van der Waals surface area contributed by atoms with E-state index in [0.29, 0.717) is 0 Å². The van der Waals surface area contributed by atoms with Crippen LogP contribution in [0.2, 0.25) is 0 Å². The number of hydrogen-bond acceptors (Lipinski definition) is 2. The standard InChI is InChI=1S/C10H6BrIOS/c11-4-8-3-7-1-6(5-13)2-9(12)10(7)14-8/h1-3,5H,4H2. The molecular weight excluding hydrogens is 375 g/mol. The molecule has 4 heteroatoms. The van der Waals surface area contributed by atoms with Gasteiger partial charge in [0.05, 0.1) is 0 Å². The van der Waals surface area contributed by atoms with Gasteiger partial charge >= 0.3 is 0 Å². The van der Waals surface area contributed by atoms with Crippen LogP contribution in [-0.2, 0) is 5.33 Å². The minimum absolute atomic E-state index is 0.751. The molecule has 72 valence electrons. The third-order valence-corrected chi connectivity index (χ3v) is 5.29. The SMILES string of the molecule is O=Cc1cc(I)c2sc(CBr)cc2c1. The van der Waals surface area contributed by atoms with Gasteiger partial charge in [-0.3, -0.25) is 4.79 Å². The summed E-state index contributed by atoms with van der Waals surface area (Å²) in [4.78, 5) is 12.0. The van der Waals surface area contributed by atoms with Crippen LogP contribution in [0.1, 0.15) is 15.2 Å². The Morgan fingerprint density at radius 2 is 2.21 bits per heavy atom. The lowest BCUT2D eigenvalue weighted by atomic mass is 10.2. The highest BCUT2D eigenvalue weighted by Gasteiger charge is 2.05. The Morgan fingerprint density at radius 3 is 2.86 bits per heavy atom. The summed E-state index contributed by atoms with van der Waals surface area (Å²) in [6, 6.07) is 5.99. The Hall–Kier alpha value is 0.0600. The average molecular weight is 381 g/mol. The molecule has 0 atom stereocenters. The lowest BCUT2D eigenvalue weighted by Gasteiger charge is -1.95. The minimum Gasteiger partial charge on any atom is -0.298 e. The van der Waals surface area contributed by atoms with Crippen LogP contribution in [0, 0.1) is 3.57 Å². The first kappa shape index (κ1) is 10.6. The highest BCUT2D eigenvalue weighted by molar-refractivity contribution is 14.1. The number of thiophene rings is 1. The molecule has 0 saturated carbocycles. The molecule has 0 saturated heterocycles. The molecule has 0 bridgehead atoms. The van der Waals surface area contributed by atoms with Gasteiger partial charge in [0.25, 0.3) is 0 Å². The van der Waals surface area contributed by atoms with E-state index in [1.807, 2.05) is 12.1 Å². The van der Waals surface area contributed by atoms with Gasteiger partial charge in [0.1, 0.15) is 6.29 Å². The van der Waals surface area contributed by atoms with Crippen LogP contribution in [0.25, 0.3) is 10.1 Å². The normalized spacial score (nSPS) is 10.7. The largest absolute Gasteiger partial charge is 0.298 e. The number of hydrogen-bond donors (Lipinski definition) is 0. The maximum absolute atomic E-state index is 10.7. The summed E-state index contributed by atoms with van der Waals surface area (Å²) in [6.45, 7) is 0. The molecular formula is C10H6BrIOS. The van der Waals surface area contributed by atoms with Crippen molar-refractivity contribution in [3.05, 3.63) is 32.2 Å². The Kier molecular flexibility index (Phi) is 3.23. The first-order chi connectivity index (χ1) is 6.74. The fourth-order valence-corrected chi connectivity index (χ4v) is 3.72. The van der Waals surface area contributed by atoms with Gasteiger partial charge in [-0.15, -0.1) is 11.3 Å². The van der Waals surface area contributed by atoms with Gasteiger partial charge in [0.15, 0.2) is 0 Å². The Balaban J connectivity index is 2.73. The molecule has 2 aromatic rings. The number of fused-ring (bicyclic) bond motifs is 1. The van der Waals surface area contributed by atoms with Crippen LogP contribution in [0.5, 0.6) is 0 Å². The topological polar surface area (TPSA) is 17.1 Å². The molecule has 0 spiro atoms. The van der Waals surface area contributed by atoms with E-state index in [1.165, 1.54) is 15.0 Å². The van der Waals surface area contributed by atoms with Crippen molar-refractivity contribution in [2.45, 2.75) is 5.33 Å². The van der Waals surface area contributed by atoms with Crippen LogP contribution in [0.15, 0.2) is 18.2 Å². The van der Waals surface area contributed by atoms with Crippen molar-refractivity contribution < 1.29 is 4.79 Å². The van der Waals surface area contributed by atoms with Gasteiger partial charge < -0.3 is 0 Å². The molecule has 0 aliphatic carbocycles. The lowest BCUT2D eigenvalue weighted by molar-refractivity contribution is 0.112. The van der Waals surface area contributed by atoms with Gasteiger partial charge in [-0.25, -0.2) is 0 Å². The first-order valence-electron chi connectivity index (χ1n) is 3.97. The predicted octanol–water partition coefficient (Wildman–Crippen LogP) is 4.21. The molecule has 1 aromatic heterocycles. The molecule has 0 N–H and O–H groups in total. The average Bonchev–Trinajstić information content (AvgIpc) is 2.61. The Morgan fingerprint density at radius 1 is 1.43 bits per heavy atom. The van der Waals surface area contributed by atoms with Crippen molar-refractivity contribution >= 4 is 66.2 Å². The van der Waals surface area contributed by atoms with Crippen molar-refractivity contribution in [1.82, 2.24) is 0 Å². The number of aldehydes is 1. The summed E-state index contributed by atoms with van der Waals surface area (Å²) in [5.74, 6) is 0. The smallest absolute Gasteiger partial charge is 0.150 e. The molecule has 0 amide bonds. The Bertz CT molecular complexity index is 492. The van der Waals surface area contributed by atoms with E-state index in [2.05, 4.69) is 44.6 Å². The summed E-state index contributed by atoms with van der Waals surface area (Å²) in [5, 5.41) is 2.04. The molecule has 1 aromatic carbocycles. The fraction of sp³-hybridized carbons (Fsp3) is 0.100. The number of carbonyl (C=O) groups is 1. The van der Waals surface area contributed by atoms with Crippen LogP contribution < -0.4 is 0 Å². The van der Waals surface area contributed by atoms with Crippen molar-refractivity contribution in [3.8, 4) is 0 Å². The summed E-state index contributed by atoms with van der Waals surface area (Å²) in [7, 11) is 0. The van der Waals surface area contributed by atoms with E-state index < -0.39 is 0 Å². The molecule has 0 unspecified atom stereocenters. The third kappa shape index (κ3) is 1.87. The second-order valence-corrected chi connectivity index (χ2v) is 5.74. The minimum atomic E-state index is 0.751. The van der Waals surface area contributed by atoms with Crippen molar-refractivity contribution in [3.63, 3.8) is 0 Å². The maximum Gasteiger partial charge on any atom is 0.150 e. The highest BCUT2D eigenvalue weighted by atomic mass is 127. The van der Waals surface area contributed by atoms with Crippen LogP contribution in [0.3, 0.4) is 0 Å². The fourth-order valence-electron chi connectivity index (χ4n) is 1.32. The second kappa shape index (κ2) is 4.28. The number of halogens is 2. The summed E-state index contributed by atoms with van der Waals surface area (Å²) in [5.41, 5.74) is 0.751. The summed E-state index contributed by atoms with van der Waals surface area (Å²) >= 11 is 7.48. The highest BCUT2D eigenvalue weighted by Crippen LogP contribution is 2.31. The van der Waals surface area contributed by atoms with Gasteiger partial charge in [0.2, 0.25) is 0 Å². The number of benzene rings is 1. The molecule has 1 heterocycles. The third-order valence-electron chi connectivity index (χ3n) is 1.91. The van der Waals surface area contributed by atoms with E-state index in [-0.39, 0.29) is 0 Å². The first-order valence-corrected chi connectivity index (χ1v) is 6.99.